The van der Waals surface area contributed by atoms with E-state index in [4.69, 9.17) is 4.74 Å². The molecule has 0 saturated heterocycles. The van der Waals surface area contributed by atoms with Gasteiger partial charge in [-0.05, 0) is 42.7 Å². The molecule has 0 aliphatic heterocycles. The van der Waals surface area contributed by atoms with Crippen LogP contribution in [0.3, 0.4) is 0 Å². The number of H-pyrrole nitrogens is 1. The Balaban J connectivity index is 2.13. The predicted octanol–water partition coefficient (Wildman–Crippen LogP) is 3.96. The van der Waals surface area contributed by atoms with Crippen LogP contribution in [0, 0.1) is 17.1 Å². The van der Waals surface area contributed by atoms with Gasteiger partial charge in [-0.15, -0.1) is 0 Å². The summed E-state index contributed by atoms with van der Waals surface area (Å²) in [6.45, 7) is 0. The van der Waals surface area contributed by atoms with E-state index in [0.717, 1.165) is 0 Å². The molecular formula is C18H12FN3O2S. The number of aromatic nitrogens is 2. The molecule has 0 unspecified atom stereocenters. The second-order valence-corrected chi connectivity index (χ2v) is 5.76. The SMILES string of the molecule is CSc1nc(-c2ccccc2Oc2ccc(F)cc2)c(C#N)c(=O)[nH]1. The zero-order valence-corrected chi connectivity index (χ0v) is 13.9. The number of rotatable bonds is 4. The number of ether oxygens (including phenoxy) is 1. The summed E-state index contributed by atoms with van der Waals surface area (Å²) in [5.74, 6) is 0.478. The predicted molar refractivity (Wildman–Crippen MR) is 93.3 cm³/mol. The summed E-state index contributed by atoms with van der Waals surface area (Å²) in [5, 5.41) is 9.73. The molecule has 0 atom stereocenters. The van der Waals surface area contributed by atoms with Gasteiger partial charge in [0.05, 0.1) is 0 Å². The van der Waals surface area contributed by atoms with E-state index >= 15 is 0 Å². The van der Waals surface area contributed by atoms with Crippen LogP contribution < -0.4 is 10.3 Å². The van der Waals surface area contributed by atoms with Crippen LogP contribution in [-0.2, 0) is 0 Å². The molecule has 0 saturated carbocycles. The number of nitrogens with one attached hydrogen (secondary N) is 1. The van der Waals surface area contributed by atoms with Gasteiger partial charge in [0.15, 0.2) is 5.16 Å². The first-order valence-corrected chi connectivity index (χ1v) is 8.46. The van der Waals surface area contributed by atoms with E-state index < -0.39 is 5.56 Å². The summed E-state index contributed by atoms with van der Waals surface area (Å²) in [7, 11) is 0. The lowest BCUT2D eigenvalue weighted by Crippen LogP contribution is -2.14. The fraction of sp³-hybridized carbons (Fsp3) is 0.0556. The zero-order valence-electron chi connectivity index (χ0n) is 13.1. The molecule has 0 aliphatic rings. The number of thioether (sulfide) groups is 1. The van der Waals surface area contributed by atoms with E-state index in [2.05, 4.69) is 9.97 Å². The minimum Gasteiger partial charge on any atom is -0.457 e. The van der Waals surface area contributed by atoms with Gasteiger partial charge in [0.1, 0.15) is 34.6 Å². The first kappa shape index (κ1) is 16.7. The fourth-order valence-corrected chi connectivity index (χ4v) is 2.61. The van der Waals surface area contributed by atoms with Gasteiger partial charge in [-0.3, -0.25) is 4.79 Å². The third-order valence-corrected chi connectivity index (χ3v) is 3.97. The monoisotopic (exact) mass is 353 g/mol. The van der Waals surface area contributed by atoms with Gasteiger partial charge in [-0.25, -0.2) is 9.37 Å². The van der Waals surface area contributed by atoms with Crippen LogP contribution in [0.4, 0.5) is 4.39 Å². The Labute approximate surface area is 147 Å². The van der Waals surface area contributed by atoms with Crippen LogP contribution in [0.2, 0.25) is 0 Å². The van der Waals surface area contributed by atoms with Crippen molar-refractivity contribution in [2.45, 2.75) is 5.16 Å². The highest BCUT2D eigenvalue weighted by atomic mass is 32.2. The summed E-state index contributed by atoms with van der Waals surface area (Å²) in [4.78, 5) is 19.0. The highest BCUT2D eigenvalue weighted by Gasteiger charge is 2.17. The molecule has 3 rings (SSSR count). The van der Waals surface area contributed by atoms with Crippen molar-refractivity contribution in [1.82, 2.24) is 9.97 Å². The average Bonchev–Trinajstić information content (AvgIpc) is 2.63. The molecule has 0 aliphatic carbocycles. The molecule has 124 valence electrons. The van der Waals surface area contributed by atoms with E-state index in [1.165, 1.54) is 36.0 Å². The Hall–Kier alpha value is -3.11. The number of benzene rings is 2. The van der Waals surface area contributed by atoms with Crippen molar-refractivity contribution in [1.29, 1.82) is 5.26 Å². The van der Waals surface area contributed by atoms with Crippen LogP contribution in [0.1, 0.15) is 5.56 Å². The lowest BCUT2D eigenvalue weighted by Gasteiger charge is -2.12. The van der Waals surface area contributed by atoms with Crippen molar-refractivity contribution in [2.75, 3.05) is 6.26 Å². The Morgan fingerprint density at radius 2 is 1.92 bits per heavy atom. The Kier molecular flexibility index (Phi) is 4.82. The smallest absolute Gasteiger partial charge is 0.270 e. The lowest BCUT2D eigenvalue weighted by molar-refractivity contribution is 0.482. The largest absolute Gasteiger partial charge is 0.457 e. The second-order valence-electron chi connectivity index (χ2n) is 4.96. The van der Waals surface area contributed by atoms with Crippen LogP contribution >= 0.6 is 11.8 Å². The van der Waals surface area contributed by atoms with Crippen molar-refractivity contribution >= 4 is 11.8 Å². The van der Waals surface area contributed by atoms with Crippen LogP contribution in [0.5, 0.6) is 11.5 Å². The highest BCUT2D eigenvalue weighted by molar-refractivity contribution is 7.98. The van der Waals surface area contributed by atoms with Gasteiger partial charge in [-0.2, -0.15) is 5.26 Å². The molecule has 7 heteroatoms. The number of halogens is 1. The fourth-order valence-electron chi connectivity index (χ4n) is 2.23. The first-order valence-electron chi connectivity index (χ1n) is 7.23. The number of para-hydroxylation sites is 1. The van der Waals surface area contributed by atoms with Crippen molar-refractivity contribution in [3.8, 4) is 28.8 Å². The summed E-state index contributed by atoms with van der Waals surface area (Å²) in [6.07, 6.45) is 1.77. The van der Waals surface area contributed by atoms with E-state index in [1.807, 2.05) is 6.07 Å². The topological polar surface area (TPSA) is 78.8 Å². The molecule has 0 amide bonds. The van der Waals surface area contributed by atoms with Crippen LogP contribution in [-0.4, -0.2) is 16.2 Å². The molecule has 0 fully saturated rings. The number of hydrogen-bond donors (Lipinski definition) is 1. The number of hydrogen-bond acceptors (Lipinski definition) is 5. The Bertz CT molecular complexity index is 1010. The molecule has 2 aromatic carbocycles. The standard InChI is InChI=1S/C18H12FN3O2S/c1-25-18-21-16(14(10-20)17(23)22-18)13-4-2-3-5-15(13)24-12-8-6-11(19)7-9-12/h2-9H,1H3,(H,21,22,23). The number of aromatic amines is 1. The van der Waals surface area contributed by atoms with E-state index in [1.54, 1.807) is 30.5 Å². The van der Waals surface area contributed by atoms with Crippen molar-refractivity contribution in [2.24, 2.45) is 0 Å². The molecule has 0 bridgehead atoms. The molecule has 0 spiro atoms. The molecule has 25 heavy (non-hydrogen) atoms. The summed E-state index contributed by atoms with van der Waals surface area (Å²) >= 11 is 1.26. The van der Waals surface area contributed by atoms with Gasteiger partial charge in [-0.1, -0.05) is 23.9 Å². The van der Waals surface area contributed by atoms with Crippen LogP contribution in [0.15, 0.2) is 58.5 Å². The lowest BCUT2D eigenvalue weighted by atomic mass is 10.1. The van der Waals surface area contributed by atoms with Gasteiger partial charge in [0.25, 0.3) is 5.56 Å². The molecule has 1 N–H and O–H groups in total. The minimum atomic E-state index is -0.506. The average molecular weight is 353 g/mol. The molecule has 3 aromatic rings. The van der Waals surface area contributed by atoms with E-state index in [9.17, 15) is 14.4 Å². The van der Waals surface area contributed by atoms with Crippen molar-refractivity contribution < 1.29 is 9.13 Å². The van der Waals surface area contributed by atoms with Gasteiger partial charge in [0, 0.05) is 5.56 Å². The van der Waals surface area contributed by atoms with Gasteiger partial charge < -0.3 is 9.72 Å². The number of nitriles is 1. The highest BCUT2D eigenvalue weighted by Crippen LogP contribution is 2.33. The first-order chi connectivity index (χ1) is 12.1. The summed E-state index contributed by atoms with van der Waals surface area (Å²) in [5.41, 5.74) is 0.152. The van der Waals surface area contributed by atoms with Crippen LogP contribution in [0.25, 0.3) is 11.3 Å². The minimum absolute atomic E-state index is 0.0899. The molecule has 1 heterocycles. The normalized spacial score (nSPS) is 10.3. The van der Waals surface area contributed by atoms with E-state index in [-0.39, 0.29) is 17.1 Å². The van der Waals surface area contributed by atoms with E-state index in [0.29, 0.717) is 22.2 Å². The van der Waals surface area contributed by atoms with Gasteiger partial charge in [0.2, 0.25) is 0 Å². The third kappa shape index (κ3) is 3.54. The van der Waals surface area contributed by atoms with Gasteiger partial charge >= 0.3 is 0 Å². The molecular weight excluding hydrogens is 341 g/mol. The maximum Gasteiger partial charge on any atom is 0.270 e. The Morgan fingerprint density at radius 3 is 2.60 bits per heavy atom. The maximum absolute atomic E-state index is 13.1. The number of nitrogens with zero attached hydrogens (tertiary/aromatic N) is 2. The molecule has 5 nitrogen and oxygen atoms in total. The maximum atomic E-state index is 13.1. The molecule has 0 radical (unpaired) electrons. The zero-order chi connectivity index (χ0) is 17.8. The Morgan fingerprint density at radius 1 is 1.20 bits per heavy atom. The quantitative estimate of drug-likeness (QED) is 0.567. The summed E-state index contributed by atoms with van der Waals surface area (Å²) < 4.78 is 18.9. The van der Waals surface area contributed by atoms with Crippen molar-refractivity contribution in [3.05, 3.63) is 70.3 Å². The molecule has 1 aromatic heterocycles. The third-order valence-electron chi connectivity index (χ3n) is 3.39. The summed E-state index contributed by atoms with van der Waals surface area (Å²) in [6, 6.07) is 14.4. The second kappa shape index (κ2) is 7.20. The van der Waals surface area contributed by atoms with Crippen molar-refractivity contribution in [3.63, 3.8) is 0 Å².